The minimum Gasteiger partial charge on any atom is -0.497 e. The van der Waals surface area contributed by atoms with E-state index in [1.807, 2.05) is 30.3 Å². The Balaban J connectivity index is 1.46. The van der Waals surface area contributed by atoms with E-state index in [-0.39, 0.29) is 24.4 Å². The molecule has 0 saturated heterocycles. The molecule has 5 rings (SSSR count). The van der Waals surface area contributed by atoms with E-state index in [1.165, 1.54) is 10.9 Å². The molecule has 8 heteroatoms. The summed E-state index contributed by atoms with van der Waals surface area (Å²) in [6.45, 7) is 6.62. The van der Waals surface area contributed by atoms with Gasteiger partial charge in [0.05, 0.1) is 30.3 Å². The van der Waals surface area contributed by atoms with E-state index in [0.717, 1.165) is 23.3 Å². The van der Waals surface area contributed by atoms with E-state index in [0.29, 0.717) is 40.1 Å². The third kappa shape index (κ3) is 6.33. The first-order valence-electron chi connectivity index (χ1n) is 13.4. The molecule has 0 unspecified atom stereocenters. The summed E-state index contributed by atoms with van der Waals surface area (Å²) in [7, 11) is 1.54. The van der Waals surface area contributed by atoms with Crippen LogP contribution >= 0.6 is 11.3 Å². The number of ether oxygens (including phenoxy) is 2. The van der Waals surface area contributed by atoms with Crippen molar-refractivity contribution >= 4 is 17.3 Å². The summed E-state index contributed by atoms with van der Waals surface area (Å²) in [5.74, 6) is 0.378. The number of carboxylic acids is 1. The second kappa shape index (κ2) is 11.4. The van der Waals surface area contributed by atoms with Crippen LogP contribution in [0.2, 0.25) is 0 Å². The highest BCUT2D eigenvalue weighted by atomic mass is 32.1. The molecule has 1 fully saturated rings. The summed E-state index contributed by atoms with van der Waals surface area (Å²) >= 11 is 1.61. The lowest BCUT2D eigenvalue weighted by atomic mass is 9.91. The van der Waals surface area contributed by atoms with E-state index >= 15 is 4.39 Å². The molecule has 0 amide bonds. The summed E-state index contributed by atoms with van der Waals surface area (Å²) < 4.78 is 26.5. The molecular weight excluding hydrogens is 527 g/mol. The Kier molecular flexibility index (Phi) is 7.90. The minimum atomic E-state index is -0.790. The van der Waals surface area contributed by atoms with Gasteiger partial charge in [-0.05, 0) is 78.1 Å². The molecule has 1 aliphatic carbocycles. The molecule has 208 valence electrons. The van der Waals surface area contributed by atoms with Crippen molar-refractivity contribution in [2.75, 3.05) is 7.11 Å². The van der Waals surface area contributed by atoms with Gasteiger partial charge in [0.2, 0.25) is 0 Å². The number of thiophene rings is 1. The van der Waals surface area contributed by atoms with E-state index in [1.54, 1.807) is 36.8 Å². The molecule has 0 bridgehead atoms. The van der Waals surface area contributed by atoms with Gasteiger partial charge in [-0.1, -0.05) is 32.9 Å². The average Bonchev–Trinajstić information content (AvgIpc) is 3.64. The molecule has 0 aliphatic heterocycles. The molecule has 4 aromatic rings. The Morgan fingerprint density at radius 3 is 2.58 bits per heavy atom. The van der Waals surface area contributed by atoms with Gasteiger partial charge in [0, 0.05) is 10.4 Å². The highest BCUT2D eigenvalue weighted by Gasteiger charge is 2.34. The zero-order valence-electron chi connectivity index (χ0n) is 23.1. The number of nitrogens with zero attached hydrogens (tertiary/aromatic N) is 2. The first-order valence-corrected chi connectivity index (χ1v) is 14.2. The Morgan fingerprint density at radius 1 is 1.10 bits per heavy atom. The monoisotopic (exact) mass is 560 g/mol. The summed E-state index contributed by atoms with van der Waals surface area (Å²) in [6.07, 6.45) is 3.84. The van der Waals surface area contributed by atoms with Crippen molar-refractivity contribution < 1.29 is 23.8 Å². The number of hydrogen-bond donors (Lipinski definition) is 1. The second-order valence-corrected chi connectivity index (χ2v) is 12.3. The van der Waals surface area contributed by atoms with Crippen LogP contribution in [0.15, 0.2) is 60.8 Å². The zero-order valence-corrected chi connectivity index (χ0v) is 23.9. The van der Waals surface area contributed by atoms with Gasteiger partial charge >= 0.3 is 5.97 Å². The summed E-state index contributed by atoms with van der Waals surface area (Å²) in [6, 6.07) is 16.3. The molecule has 0 spiro atoms. The van der Waals surface area contributed by atoms with Gasteiger partial charge in [0.1, 0.15) is 35.3 Å². The van der Waals surface area contributed by atoms with Crippen LogP contribution in [0.1, 0.15) is 62.1 Å². The number of hydrogen-bond acceptors (Lipinski definition) is 6. The molecule has 1 saturated carbocycles. The van der Waals surface area contributed by atoms with Crippen LogP contribution in [-0.2, 0) is 16.8 Å². The van der Waals surface area contributed by atoms with Crippen molar-refractivity contribution in [1.29, 1.82) is 0 Å². The van der Waals surface area contributed by atoms with Crippen molar-refractivity contribution in [1.82, 2.24) is 9.97 Å². The van der Waals surface area contributed by atoms with E-state index in [4.69, 9.17) is 14.5 Å². The number of aromatic nitrogens is 2. The summed E-state index contributed by atoms with van der Waals surface area (Å²) in [5.41, 5.74) is 2.87. The van der Waals surface area contributed by atoms with Crippen LogP contribution in [-0.4, -0.2) is 28.2 Å². The molecule has 2 aromatic heterocycles. The largest absolute Gasteiger partial charge is 0.497 e. The third-order valence-electron chi connectivity index (χ3n) is 7.09. The van der Waals surface area contributed by atoms with Crippen molar-refractivity contribution in [2.24, 2.45) is 5.92 Å². The first-order chi connectivity index (χ1) is 19.1. The number of aliphatic carboxylic acids is 1. The lowest BCUT2D eigenvalue weighted by molar-refractivity contribution is -0.137. The number of methoxy groups -OCH3 is 1. The molecule has 40 heavy (non-hydrogen) atoms. The first kappa shape index (κ1) is 27.8. The van der Waals surface area contributed by atoms with E-state index in [9.17, 15) is 9.90 Å². The maximum atomic E-state index is 15.0. The Bertz CT molecular complexity index is 1520. The summed E-state index contributed by atoms with van der Waals surface area (Å²) in [4.78, 5) is 23.1. The molecule has 0 radical (unpaired) electrons. The van der Waals surface area contributed by atoms with Crippen LogP contribution < -0.4 is 9.47 Å². The molecule has 2 aromatic carbocycles. The summed E-state index contributed by atoms with van der Waals surface area (Å²) in [5, 5.41) is 9.38. The van der Waals surface area contributed by atoms with E-state index < -0.39 is 11.8 Å². The highest BCUT2D eigenvalue weighted by Crippen LogP contribution is 2.45. The van der Waals surface area contributed by atoms with Crippen LogP contribution in [0.5, 0.6) is 11.5 Å². The van der Waals surface area contributed by atoms with Crippen LogP contribution in [0.4, 0.5) is 4.39 Å². The van der Waals surface area contributed by atoms with Gasteiger partial charge in [-0.15, -0.1) is 11.3 Å². The van der Waals surface area contributed by atoms with E-state index in [2.05, 4.69) is 31.8 Å². The van der Waals surface area contributed by atoms with Crippen LogP contribution in [0.3, 0.4) is 0 Å². The smallest absolute Gasteiger partial charge is 0.303 e. The Morgan fingerprint density at radius 2 is 1.90 bits per heavy atom. The molecule has 6 nitrogen and oxygen atoms in total. The van der Waals surface area contributed by atoms with Gasteiger partial charge in [0.15, 0.2) is 0 Å². The zero-order chi connectivity index (χ0) is 28.4. The Hall–Kier alpha value is -3.78. The average molecular weight is 561 g/mol. The predicted molar refractivity (Wildman–Crippen MR) is 154 cm³/mol. The number of halogens is 1. The fraction of sp³-hybridized carbons (Fsp3) is 0.344. The molecule has 1 aliphatic rings. The third-order valence-corrected chi connectivity index (χ3v) is 8.61. The van der Waals surface area contributed by atoms with Crippen molar-refractivity contribution in [2.45, 2.75) is 58.0 Å². The number of benzene rings is 2. The number of carboxylic acid groups (broad SMARTS) is 1. The van der Waals surface area contributed by atoms with Crippen LogP contribution in [0, 0.1) is 11.7 Å². The maximum absolute atomic E-state index is 15.0. The normalized spacial score (nSPS) is 14.1. The standard InChI is InChI=1S/C32H33FN2O4S/c1-32(2,3)28-13-12-27(40-28)31-30(25-15-22(38-4)10-11-26(25)33)34-17-21(35-31)18-39-23-7-5-6-20(14-23)24(16-29(36)37)19-8-9-19/h5-7,10-15,17,19,24H,8-9,16,18H2,1-4H3,(H,36,37)/t24-/m0/s1. The lowest BCUT2D eigenvalue weighted by Gasteiger charge is -2.16. The van der Waals surface area contributed by atoms with Crippen LogP contribution in [0.25, 0.3) is 21.8 Å². The lowest BCUT2D eigenvalue weighted by Crippen LogP contribution is -2.09. The highest BCUT2D eigenvalue weighted by molar-refractivity contribution is 7.15. The van der Waals surface area contributed by atoms with Gasteiger partial charge in [-0.25, -0.2) is 9.37 Å². The maximum Gasteiger partial charge on any atom is 0.303 e. The quantitative estimate of drug-likeness (QED) is 0.213. The van der Waals surface area contributed by atoms with Crippen molar-refractivity contribution in [3.05, 3.63) is 82.7 Å². The predicted octanol–water partition coefficient (Wildman–Crippen LogP) is 7.86. The molecular formula is C32H33FN2O4S. The number of rotatable bonds is 10. The fourth-order valence-corrected chi connectivity index (χ4v) is 5.84. The molecule has 1 atom stereocenters. The van der Waals surface area contributed by atoms with Gasteiger partial charge in [0.25, 0.3) is 0 Å². The second-order valence-electron chi connectivity index (χ2n) is 11.2. The van der Waals surface area contributed by atoms with Gasteiger partial charge in [-0.3, -0.25) is 9.78 Å². The van der Waals surface area contributed by atoms with Crippen molar-refractivity contribution in [3.63, 3.8) is 0 Å². The fourth-order valence-electron chi connectivity index (χ4n) is 4.78. The number of carbonyl (C=O) groups is 1. The minimum absolute atomic E-state index is 0.0136. The SMILES string of the molecule is COc1ccc(F)c(-c2ncc(COc3cccc([C@@H](CC(=O)O)C4CC4)c3)nc2-c2ccc(C(C)(C)C)s2)c1. The van der Waals surface area contributed by atoms with Gasteiger partial charge in [-0.2, -0.15) is 0 Å². The van der Waals surface area contributed by atoms with Gasteiger partial charge < -0.3 is 14.6 Å². The van der Waals surface area contributed by atoms with Crippen molar-refractivity contribution in [3.8, 4) is 33.3 Å². The molecule has 2 heterocycles. The topological polar surface area (TPSA) is 81.5 Å². The molecule has 1 N–H and O–H groups in total. The Labute approximate surface area is 237 Å².